The predicted octanol–water partition coefficient (Wildman–Crippen LogP) is 0.575. The second-order valence-electron chi connectivity index (χ2n) is 5.08. The summed E-state index contributed by atoms with van der Waals surface area (Å²) >= 11 is 0. The summed E-state index contributed by atoms with van der Waals surface area (Å²) in [5, 5.41) is 0. The Hall–Kier alpha value is -1.42. The van der Waals surface area contributed by atoms with E-state index in [0.717, 1.165) is 25.9 Å². The molecule has 0 unspecified atom stereocenters. The van der Waals surface area contributed by atoms with Gasteiger partial charge < -0.3 is 9.80 Å². The van der Waals surface area contributed by atoms with Crippen LogP contribution in [0.3, 0.4) is 0 Å². The Balaban J connectivity index is 2.07. The molecule has 1 fully saturated rings. The van der Waals surface area contributed by atoms with Gasteiger partial charge in [-0.2, -0.15) is 0 Å². The molecule has 1 amide bonds. The number of nitrogens with one attached hydrogen (secondary N) is 1. The second-order valence-corrected chi connectivity index (χ2v) is 5.08. The highest BCUT2D eigenvalue weighted by Gasteiger charge is 2.27. The molecular formula is C14H20FN2O+. The van der Waals surface area contributed by atoms with Crippen LogP contribution in [0.15, 0.2) is 24.3 Å². The maximum Gasteiger partial charge on any atom is 0.256 e. The molecule has 4 heteroatoms. The molecule has 18 heavy (non-hydrogen) atoms. The van der Waals surface area contributed by atoms with Gasteiger partial charge in [-0.3, -0.25) is 4.79 Å². The molecule has 1 aliphatic heterocycles. The van der Waals surface area contributed by atoms with Gasteiger partial charge in [-0.1, -0.05) is 12.1 Å². The average molecular weight is 251 g/mol. The third-order valence-electron chi connectivity index (χ3n) is 3.78. The van der Waals surface area contributed by atoms with E-state index >= 15 is 0 Å². The third-order valence-corrected chi connectivity index (χ3v) is 3.78. The molecule has 98 valence electrons. The lowest BCUT2D eigenvalue weighted by molar-refractivity contribution is -0.885. The van der Waals surface area contributed by atoms with Crippen molar-refractivity contribution in [3.05, 3.63) is 35.6 Å². The van der Waals surface area contributed by atoms with Gasteiger partial charge in [0.15, 0.2) is 0 Å². The fraction of sp³-hybridized carbons (Fsp3) is 0.500. The van der Waals surface area contributed by atoms with Crippen LogP contribution in [0.5, 0.6) is 0 Å². The Morgan fingerprint density at radius 1 is 1.33 bits per heavy atom. The topological polar surface area (TPSA) is 24.8 Å². The first-order valence-corrected chi connectivity index (χ1v) is 6.42. The van der Waals surface area contributed by atoms with E-state index < -0.39 is 5.82 Å². The average Bonchev–Trinajstić information content (AvgIpc) is 2.38. The number of hydrogen-bond donors (Lipinski definition) is 1. The third kappa shape index (κ3) is 2.70. The Kier molecular flexibility index (Phi) is 3.97. The molecule has 1 aromatic carbocycles. The van der Waals surface area contributed by atoms with Crippen LogP contribution in [-0.4, -0.2) is 44.0 Å². The zero-order valence-corrected chi connectivity index (χ0v) is 10.9. The van der Waals surface area contributed by atoms with Crippen molar-refractivity contribution >= 4 is 5.91 Å². The number of carbonyl (C=O) groups is 1. The van der Waals surface area contributed by atoms with Crippen LogP contribution in [0.2, 0.25) is 0 Å². The van der Waals surface area contributed by atoms with Gasteiger partial charge >= 0.3 is 0 Å². The van der Waals surface area contributed by atoms with Crippen molar-refractivity contribution in [2.24, 2.45) is 0 Å². The smallest absolute Gasteiger partial charge is 0.256 e. The van der Waals surface area contributed by atoms with E-state index in [-0.39, 0.29) is 17.5 Å². The Labute approximate surface area is 107 Å². The molecule has 0 aliphatic carbocycles. The first-order valence-electron chi connectivity index (χ1n) is 6.42. The van der Waals surface area contributed by atoms with Crippen LogP contribution in [0, 0.1) is 5.82 Å². The molecule has 1 N–H and O–H groups in total. The van der Waals surface area contributed by atoms with Crippen molar-refractivity contribution in [2.75, 3.05) is 27.2 Å². The normalized spacial score (nSPS) is 23.7. The zero-order chi connectivity index (χ0) is 13.1. The largest absolute Gasteiger partial charge is 0.338 e. The van der Waals surface area contributed by atoms with Gasteiger partial charge in [0, 0.05) is 25.9 Å². The number of benzene rings is 1. The number of rotatable bonds is 2. The number of piperidine rings is 1. The highest BCUT2D eigenvalue weighted by Crippen LogP contribution is 2.14. The fourth-order valence-electron chi connectivity index (χ4n) is 2.47. The molecule has 0 aromatic heterocycles. The molecule has 0 atom stereocenters. The number of hydrogen-bond acceptors (Lipinski definition) is 1. The molecule has 1 heterocycles. The van der Waals surface area contributed by atoms with E-state index in [1.165, 1.54) is 11.0 Å². The molecule has 0 saturated carbocycles. The summed E-state index contributed by atoms with van der Waals surface area (Å²) in [5.41, 5.74) is 0.172. The standard InChI is InChI=1S/C14H19FN2O/c1-16-9-7-11(8-10-16)17(2)14(18)12-5-3-4-6-13(12)15/h3-6,11H,7-10H2,1-2H3/p+1. The molecule has 0 spiro atoms. The summed E-state index contributed by atoms with van der Waals surface area (Å²) in [6, 6.07) is 6.42. The van der Waals surface area contributed by atoms with Crippen LogP contribution in [0.1, 0.15) is 23.2 Å². The highest BCUT2D eigenvalue weighted by atomic mass is 19.1. The summed E-state index contributed by atoms with van der Waals surface area (Å²) in [7, 11) is 3.94. The van der Waals surface area contributed by atoms with Gasteiger partial charge in [0.25, 0.3) is 5.91 Å². The predicted molar refractivity (Wildman–Crippen MR) is 68.1 cm³/mol. The van der Waals surface area contributed by atoms with Gasteiger partial charge in [-0.25, -0.2) is 4.39 Å². The van der Waals surface area contributed by atoms with E-state index in [2.05, 4.69) is 7.05 Å². The van der Waals surface area contributed by atoms with Gasteiger partial charge in [-0.05, 0) is 12.1 Å². The quantitative estimate of drug-likeness (QED) is 0.817. The molecule has 1 aliphatic rings. The molecule has 0 bridgehead atoms. The Morgan fingerprint density at radius 2 is 1.94 bits per heavy atom. The summed E-state index contributed by atoms with van der Waals surface area (Å²) in [6.07, 6.45) is 1.98. The second kappa shape index (κ2) is 5.48. The van der Waals surface area contributed by atoms with Gasteiger partial charge in [0.05, 0.1) is 25.7 Å². The molecule has 2 rings (SSSR count). The summed E-state index contributed by atoms with van der Waals surface area (Å²) in [4.78, 5) is 15.4. The number of halogens is 1. The van der Waals surface area contributed by atoms with Crippen molar-refractivity contribution in [1.82, 2.24) is 4.90 Å². The van der Waals surface area contributed by atoms with Crippen molar-refractivity contribution in [3.8, 4) is 0 Å². The van der Waals surface area contributed by atoms with E-state index in [4.69, 9.17) is 0 Å². The van der Waals surface area contributed by atoms with Crippen molar-refractivity contribution in [3.63, 3.8) is 0 Å². The minimum absolute atomic E-state index is 0.172. The highest BCUT2D eigenvalue weighted by molar-refractivity contribution is 5.94. The molecule has 1 saturated heterocycles. The van der Waals surface area contributed by atoms with Crippen molar-refractivity contribution < 1.29 is 14.1 Å². The summed E-state index contributed by atoms with van der Waals surface area (Å²) in [5.74, 6) is -0.648. The SMILES string of the molecule is CN(C(=O)c1ccccc1F)C1CC[NH+](C)CC1. The van der Waals surface area contributed by atoms with Crippen LogP contribution >= 0.6 is 0 Å². The number of likely N-dealkylation sites (tertiary alicyclic amines) is 1. The number of carbonyl (C=O) groups excluding carboxylic acids is 1. The van der Waals surface area contributed by atoms with Gasteiger partial charge in [-0.15, -0.1) is 0 Å². The van der Waals surface area contributed by atoms with E-state index in [1.54, 1.807) is 30.1 Å². The Morgan fingerprint density at radius 3 is 2.56 bits per heavy atom. The monoisotopic (exact) mass is 251 g/mol. The number of amides is 1. The maximum absolute atomic E-state index is 13.6. The molecule has 0 radical (unpaired) electrons. The van der Waals surface area contributed by atoms with E-state index in [9.17, 15) is 9.18 Å². The summed E-state index contributed by atoms with van der Waals surface area (Å²) in [6.45, 7) is 2.14. The van der Waals surface area contributed by atoms with Crippen LogP contribution in [0.25, 0.3) is 0 Å². The lowest BCUT2D eigenvalue weighted by Crippen LogP contribution is -3.10. The van der Waals surface area contributed by atoms with E-state index in [0.29, 0.717) is 0 Å². The first kappa shape index (κ1) is 13.0. The summed E-state index contributed by atoms with van der Waals surface area (Å²) < 4.78 is 13.6. The van der Waals surface area contributed by atoms with Crippen LogP contribution in [-0.2, 0) is 0 Å². The minimum atomic E-state index is -0.437. The van der Waals surface area contributed by atoms with Crippen LogP contribution < -0.4 is 4.90 Å². The molecular weight excluding hydrogens is 231 g/mol. The lowest BCUT2D eigenvalue weighted by atomic mass is 10.0. The minimum Gasteiger partial charge on any atom is -0.338 e. The first-order chi connectivity index (χ1) is 8.59. The van der Waals surface area contributed by atoms with Gasteiger partial charge in [0.1, 0.15) is 5.82 Å². The van der Waals surface area contributed by atoms with E-state index in [1.807, 2.05) is 0 Å². The zero-order valence-electron chi connectivity index (χ0n) is 10.9. The Bertz CT molecular complexity index is 428. The molecule has 3 nitrogen and oxygen atoms in total. The number of nitrogens with zero attached hydrogens (tertiary/aromatic N) is 1. The van der Waals surface area contributed by atoms with Gasteiger partial charge in [0.2, 0.25) is 0 Å². The van der Waals surface area contributed by atoms with Crippen molar-refractivity contribution in [2.45, 2.75) is 18.9 Å². The lowest BCUT2D eigenvalue weighted by Gasteiger charge is -2.33. The van der Waals surface area contributed by atoms with Crippen molar-refractivity contribution in [1.29, 1.82) is 0 Å². The maximum atomic E-state index is 13.6. The number of quaternary nitrogens is 1. The molecule has 1 aromatic rings. The van der Waals surface area contributed by atoms with Crippen LogP contribution in [0.4, 0.5) is 4.39 Å². The fourth-order valence-corrected chi connectivity index (χ4v) is 2.47.